The minimum atomic E-state index is -3.74. The summed E-state index contributed by atoms with van der Waals surface area (Å²) in [4.78, 5) is 4.04. The standard InChI is InChI=1S/C14H19N3O3S/c1-10(2)16-9-12-6-7-14(20-12)21(18,19)17-13-5-4-8-15-11(13)3/h4-8,10,16-17H,9H2,1-3H3. The second kappa shape index (κ2) is 6.28. The summed E-state index contributed by atoms with van der Waals surface area (Å²) in [5, 5.41) is 3.06. The molecule has 0 atom stereocenters. The fourth-order valence-electron chi connectivity index (χ4n) is 1.69. The number of rotatable bonds is 6. The Morgan fingerprint density at radius 3 is 2.71 bits per heavy atom. The zero-order chi connectivity index (χ0) is 15.5. The molecule has 21 heavy (non-hydrogen) atoms. The predicted molar refractivity (Wildman–Crippen MR) is 80.5 cm³/mol. The smallest absolute Gasteiger partial charge is 0.295 e. The van der Waals surface area contributed by atoms with Crippen LogP contribution in [0, 0.1) is 6.92 Å². The first-order valence-electron chi connectivity index (χ1n) is 6.65. The Bertz CT molecular complexity index is 708. The number of aromatic nitrogens is 1. The molecule has 0 spiro atoms. The van der Waals surface area contributed by atoms with E-state index in [0.29, 0.717) is 29.7 Å². The summed E-state index contributed by atoms with van der Waals surface area (Å²) < 4.78 is 32.4. The summed E-state index contributed by atoms with van der Waals surface area (Å²) in [6, 6.07) is 6.73. The SMILES string of the molecule is Cc1ncccc1NS(=O)(=O)c1ccc(CNC(C)C)o1. The third-order valence-corrected chi connectivity index (χ3v) is 4.08. The van der Waals surface area contributed by atoms with E-state index in [1.807, 2.05) is 13.8 Å². The molecule has 0 radical (unpaired) electrons. The van der Waals surface area contributed by atoms with Crippen LogP contribution < -0.4 is 10.0 Å². The average molecular weight is 309 g/mol. The number of nitrogens with zero attached hydrogens (tertiary/aromatic N) is 1. The molecule has 0 aliphatic carbocycles. The van der Waals surface area contributed by atoms with E-state index in [9.17, 15) is 8.42 Å². The Morgan fingerprint density at radius 1 is 1.29 bits per heavy atom. The first-order valence-corrected chi connectivity index (χ1v) is 8.13. The van der Waals surface area contributed by atoms with Crippen molar-refractivity contribution >= 4 is 15.7 Å². The van der Waals surface area contributed by atoms with E-state index in [1.54, 1.807) is 31.3 Å². The summed E-state index contributed by atoms with van der Waals surface area (Å²) in [5.41, 5.74) is 1.05. The van der Waals surface area contributed by atoms with Crippen LogP contribution in [0.4, 0.5) is 5.69 Å². The molecule has 0 aromatic carbocycles. The number of aryl methyl sites for hydroxylation is 1. The van der Waals surface area contributed by atoms with Gasteiger partial charge in [0.05, 0.1) is 17.9 Å². The van der Waals surface area contributed by atoms with Crippen molar-refractivity contribution in [3.05, 3.63) is 41.9 Å². The molecule has 0 bridgehead atoms. The fraction of sp³-hybridized carbons (Fsp3) is 0.357. The van der Waals surface area contributed by atoms with Gasteiger partial charge < -0.3 is 9.73 Å². The molecule has 0 fully saturated rings. The molecule has 0 saturated carbocycles. The summed E-state index contributed by atoms with van der Waals surface area (Å²) >= 11 is 0. The highest BCUT2D eigenvalue weighted by molar-refractivity contribution is 7.92. The Kier molecular flexibility index (Phi) is 4.64. The van der Waals surface area contributed by atoms with Crippen LogP contribution in [0.5, 0.6) is 0 Å². The summed E-state index contributed by atoms with van der Waals surface area (Å²) in [7, 11) is -3.74. The second-order valence-corrected chi connectivity index (χ2v) is 6.61. The van der Waals surface area contributed by atoms with Crippen LogP contribution in [0.2, 0.25) is 0 Å². The van der Waals surface area contributed by atoms with Gasteiger partial charge in [0.2, 0.25) is 5.09 Å². The minimum Gasteiger partial charge on any atom is -0.446 e. The number of pyridine rings is 1. The van der Waals surface area contributed by atoms with Crippen LogP contribution in [0.1, 0.15) is 25.3 Å². The van der Waals surface area contributed by atoms with Gasteiger partial charge in [0, 0.05) is 12.2 Å². The molecule has 114 valence electrons. The van der Waals surface area contributed by atoms with Gasteiger partial charge in [-0.2, -0.15) is 8.42 Å². The lowest BCUT2D eigenvalue weighted by Gasteiger charge is -2.08. The lowest BCUT2D eigenvalue weighted by Crippen LogP contribution is -2.21. The molecule has 2 aromatic heterocycles. The van der Waals surface area contributed by atoms with Gasteiger partial charge in [-0.1, -0.05) is 13.8 Å². The number of nitrogens with one attached hydrogen (secondary N) is 2. The summed E-state index contributed by atoms with van der Waals surface area (Å²) in [6.45, 7) is 6.23. The van der Waals surface area contributed by atoms with Gasteiger partial charge in [-0.05, 0) is 31.2 Å². The Labute approximate surface area is 124 Å². The second-order valence-electron chi connectivity index (χ2n) is 5.00. The molecule has 2 rings (SSSR count). The van der Waals surface area contributed by atoms with E-state index < -0.39 is 10.0 Å². The topological polar surface area (TPSA) is 84.2 Å². The molecule has 2 heterocycles. The van der Waals surface area contributed by atoms with Crippen molar-refractivity contribution in [2.24, 2.45) is 0 Å². The molecule has 0 unspecified atom stereocenters. The molecule has 6 nitrogen and oxygen atoms in total. The zero-order valence-electron chi connectivity index (χ0n) is 12.3. The van der Waals surface area contributed by atoms with Gasteiger partial charge >= 0.3 is 0 Å². The number of anilines is 1. The highest BCUT2D eigenvalue weighted by atomic mass is 32.2. The van der Waals surface area contributed by atoms with Crippen LogP contribution in [0.3, 0.4) is 0 Å². The monoisotopic (exact) mass is 309 g/mol. The molecule has 0 saturated heterocycles. The lowest BCUT2D eigenvalue weighted by molar-refractivity contribution is 0.396. The van der Waals surface area contributed by atoms with Crippen LogP contribution in [-0.4, -0.2) is 19.4 Å². The van der Waals surface area contributed by atoms with Gasteiger partial charge in [0.1, 0.15) is 5.76 Å². The Balaban J connectivity index is 2.15. The minimum absolute atomic E-state index is 0.105. The fourth-order valence-corrected chi connectivity index (χ4v) is 2.76. The van der Waals surface area contributed by atoms with Crippen LogP contribution in [-0.2, 0) is 16.6 Å². The molecule has 2 N–H and O–H groups in total. The number of sulfonamides is 1. The van der Waals surface area contributed by atoms with Crippen molar-refractivity contribution in [1.29, 1.82) is 0 Å². The average Bonchev–Trinajstić information content (AvgIpc) is 2.88. The van der Waals surface area contributed by atoms with E-state index in [-0.39, 0.29) is 5.09 Å². The largest absolute Gasteiger partial charge is 0.446 e. The maximum Gasteiger partial charge on any atom is 0.295 e. The van der Waals surface area contributed by atoms with Crippen LogP contribution >= 0.6 is 0 Å². The van der Waals surface area contributed by atoms with E-state index in [1.165, 1.54) is 6.07 Å². The van der Waals surface area contributed by atoms with E-state index in [4.69, 9.17) is 4.42 Å². The molecular formula is C14H19N3O3S. The van der Waals surface area contributed by atoms with Crippen molar-refractivity contribution in [3.8, 4) is 0 Å². The Morgan fingerprint density at radius 2 is 2.05 bits per heavy atom. The van der Waals surface area contributed by atoms with Crippen LogP contribution in [0.25, 0.3) is 0 Å². The maximum absolute atomic E-state index is 12.3. The molecule has 0 aliphatic rings. The molecule has 0 amide bonds. The lowest BCUT2D eigenvalue weighted by atomic mass is 10.3. The van der Waals surface area contributed by atoms with E-state index >= 15 is 0 Å². The maximum atomic E-state index is 12.3. The molecular weight excluding hydrogens is 290 g/mol. The van der Waals surface area contributed by atoms with Gasteiger partial charge in [-0.25, -0.2) is 0 Å². The van der Waals surface area contributed by atoms with E-state index in [2.05, 4.69) is 15.0 Å². The molecule has 2 aromatic rings. The van der Waals surface area contributed by atoms with Crippen molar-refractivity contribution in [2.75, 3.05) is 4.72 Å². The van der Waals surface area contributed by atoms with Crippen molar-refractivity contribution in [1.82, 2.24) is 10.3 Å². The quantitative estimate of drug-likeness (QED) is 0.855. The predicted octanol–water partition coefficient (Wildman–Crippen LogP) is 2.28. The van der Waals surface area contributed by atoms with Gasteiger partial charge in [-0.3, -0.25) is 9.71 Å². The molecule has 7 heteroatoms. The third kappa shape index (κ3) is 4.05. The van der Waals surface area contributed by atoms with Crippen molar-refractivity contribution in [3.63, 3.8) is 0 Å². The van der Waals surface area contributed by atoms with Crippen molar-refractivity contribution < 1.29 is 12.8 Å². The zero-order valence-corrected chi connectivity index (χ0v) is 13.1. The van der Waals surface area contributed by atoms with E-state index in [0.717, 1.165) is 0 Å². The highest BCUT2D eigenvalue weighted by Crippen LogP contribution is 2.19. The Hall–Kier alpha value is -1.86. The first kappa shape index (κ1) is 15.5. The third-order valence-electron chi connectivity index (χ3n) is 2.84. The summed E-state index contributed by atoms with van der Waals surface area (Å²) in [6.07, 6.45) is 1.61. The number of furan rings is 1. The number of hydrogen-bond donors (Lipinski definition) is 2. The van der Waals surface area contributed by atoms with Crippen molar-refractivity contribution in [2.45, 2.75) is 38.5 Å². The highest BCUT2D eigenvalue weighted by Gasteiger charge is 2.19. The van der Waals surface area contributed by atoms with Gasteiger partial charge in [-0.15, -0.1) is 0 Å². The normalized spacial score (nSPS) is 11.8. The summed E-state index contributed by atoms with van der Waals surface area (Å²) in [5.74, 6) is 0.576. The van der Waals surface area contributed by atoms with Crippen LogP contribution in [0.15, 0.2) is 40.0 Å². The molecule has 0 aliphatic heterocycles. The first-order chi connectivity index (χ1) is 9.88. The van der Waals surface area contributed by atoms with Gasteiger partial charge in [0.15, 0.2) is 0 Å². The number of hydrogen-bond acceptors (Lipinski definition) is 5. The van der Waals surface area contributed by atoms with Gasteiger partial charge in [0.25, 0.3) is 10.0 Å².